The summed E-state index contributed by atoms with van der Waals surface area (Å²) in [6.45, 7) is 9.55. The van der Waals surface area contributed by atoms with Crippen molar-refractivity contribution in [2.24, 2.45) is 17.8 Å². The van der Waals surface area contributed by atoms with Crippen molar-refractivity contribution < 1.29 is 14.4 Å². The van der Waals surface area contributed by atoms with Gasteiger partial charge in [-0.1, -0.05) is 0 Å². The van der Waals surface area contributed by atoms with E-state index < -0.39 is 0 Å². The van der Waals surface area contributed by atoms with Crippen LogP contribution in [0.1, 0.15) is 52.4 Å². The van der Waals surface area contributed by atoms with Crippen LogP contribution in [0.15, 0.2) is 0 Å². The molecule has 0 N–H and O–H groups in total. The molecule has 0 spiro atoms. The van der Waals surface area contributed by atoms with Crippen molar-refractivity contribution in [1.82, 2.24) is 14.7 Å². The molecule has 2 heterocycles. The Labute approximate surface area is 163 Å². The van der Waals surface area contributed by atoms with Gasteiger partial charge in [0, 0.05) is 51.1 Å². The minimum Gasteiger partial charge on any atom is -0.342 e. The second kappa shape index (κ2) is 9.18. The van der Waals surface area contributed by atoms with Crippen molar-refractivity contribution >= 4 is 17.6 Å². The van der Waals surface area contributed by atoms with E-state index in [1.165, 1.54) is 0 Å². The number of piperazine rings is 1. The molecule has 6 nitrogen and oxygen atoms in total. The Kier molecular flexibility index (Phi) is 6.90. The summed E-state index contributed by atoms with van der Waals surface area (Å²) in [5, 5.41) is 0. The molecule has 0 unspecified atom stereocenters. The van der Waals surface area contributed by atoms with E-state index in [9.17, 15) is 14.4 Å². The minimum absolute atomic E-state index is 0.122. The lowest BCUT2D eigenvalue weighted by molar-refractivity contribution is -0.139. The summed E-state index contributed by atoms with van der Waals surface area (Å²) in [6.07, 6.45) is 5.56. The van der Waals surface area contributed by atoms with Crippen molar-refractivity contribution in [3.8, 4) is 0 Å². The molecule has 3 fully saturated rings. The SMILES string of the molecule is CCN1CCN(CC2CCN(C(=O)C3CCC(C(C)=O)CC3)CC2)CC1=O. The molecule has 3 aliphatic rings. The smallest absolute Gasteiger partial charge is 0.236 e. The Bertz CT molecular complexity index is 549. The van der Waals surface area contributed by atoms with Crippen LogP contribution in [-0.4, -0.2) is 78.1 Å². The number of Topliss-reactive ketones (excluding diaryl/α,β-unsaturated/α-hetero) is 1. The van der Waals surface area contributed by atoms with Crippen LogP contribution in [0, 0.1) is 17.8 Å². The monoisotopic (exact) mass is 377 g/mol. The summed E-state index contributed by atoms with van der Waals surface area (Å²) in [4.78, 5) is 42.7. The van der Waals surface area contributed by atoms with Crippen LogP contribution in [0.3, 0.4) is 0 Å². The van der Waals surface area contributed by atoms with Gasteiger partial charge in [-0.2, -0.15) is 0 Å². The van der Waals surface area contributed by atoms with Crippen molar-refractivity contribution in [3.63, 3.8) is 0 Å². The van der Waals surface area contributed by atoms with Crippen molar-refractivity contribution in [1.29, 1.82) is 0 Å². The lowest BCUT2D eigenvalue weighted by Crippen LogP contribution is -2.52. The van der Waals surface area contributed by atoms with Crippen LogP contribution in [0.25, 0.3) is 0 Å². The van der Waals surface area contributed by atoms with Gasteiger partial charge in [0.05, 0.1) is 6.54 Å². The van der Waals surface area contributed by atoms with Gasteiger partial charge in [0.25, 0.3) is 0 Å². The molecule has 2 aliphatic heterocycles. The highest BCUT2D eigenvalue weighted by atomic mass is 16.2. The number of carbonyl (C=O) groups is 3. The maximum atomic E-state index is 12.8. The third-order valence-corrected chi connectivity index (χ3v) is 6.87. The van der Waals surface area contributed by atoms with Crippen LogP contribution >= 0.6 is 0 Å². The number of rotatable bonds is 5. The van der Waals surface area contributed by atoms with Crippen LogP contribution in [0.2, 0.25) is 0 Å². The van der Waals surface area contributed by atoms with E-state index in [0.29, 0.717) is 18.4 Å². The third kappa shape index (κ3) is 5.09. The molecule has 6 heteroatoms. The van der Waals surface area contributed by atoms with Crippen LogP contribution < -0.4 is 0 Å². The van der Waals surface area contributed by atoms with E-state index >= 15 is 0 Å². The molecule has 2 saturated heterocycles. The Morgan fingerprint density at radius 3 is 2.11 bits per heavy atom. The number of nitrogens with zero attached hydrogens (tertiary/aromatic N) is 3. The zero-order valence-electron chi connectivity index (χ0n) is 17.0. The zero-order valence-corrected chi connectivity index (χ0v) is 17.0. The maximum absolute atomic E-state index is 12.8. The second-order valence-corrected chi connectivity index (χ2v) is 8.64. The lowest BCUT2D eigenvalue weighted by atomic mass is 9.79. The Morgan fingerprint density at radius 2 is 1.56 bits per heavy atom. The largest absolute Gasteiger partial charge is 0.342 e. The summed E-state index contributed by atoms with van der Waals surface area (Å²) >= 11 is 0. The molecule has 0 aromatic heterocycles. The maximum Gasteiger partial charge on any atom is 0.236 e. The number of hydrogen-bond donors (Lipinski definition) is 0. The van der Waals surface area contributed by atoms with Crippen molar-refractivity contribution in [2.75, 3.05) is 45.8 Å². The standard InChI is InChI=1S/C21H35N3O3/c1-3-23-13-12-22(15-20(23)26)14-17-8-10-24(11-9-17)21(27)19-6-4-18(5-7-19)16(2)25/h17-19H,3-15H2,1-2H3. The number of ketones is 1. The van der Waals surface area contributed by atoms with Crippen molar-refractivity contribution in [3.05, 3.63) is 0 Å². The molecule has 0 bridgehead atoms. The van der Waals surface area contributed by atoms with Gasteiger partial charge in [-0.05, 0) is 58.3 Å². The van der Waals surface area contributed by atoms with Gasteiger partial charge in [0.15, 0.2) is 0 Å². The highest BCUT2D eigenvalue weighted by Gasteiger charge is 2.33. The number of piperidine rings is 1. The first kappa shape index (κ1) is 20.3. The predicted molar refractivity (Wildman–Crippen MR) is 104 cm³/mol. The normalized spacial score (nSPS) is 28.4. The molecule has 0 aromatic carbocycles. The van der Waals surface area contributed by atoms with E-state index in [-0.39, 0.29) is 23.5 Å². The molecular formula is C21H35N3O3. The number of likely N-dealkylation sites (N-methyl/N-ethyl adjacent to an activating group) is 1. The molecule has 1 saturated carbocycles. The molecule has 152 valence electrons. The fourth-order valence-corrected chi connectivity index (χ4v) is 4.95. The minimum atomic E-state index is 0.122. The average Bonchev–Trinajstić information content (AvgIpc) is 2.68. The fraction of sp³-hybridized carbons (Fsp3) is 0.857. The number of carbonyl (C=O) groups excluding carboxylic acids is 3. The molecule has 0 atom stereocenters. The summed E-state index contributed by atoms with van der Waals surface area (Å²) in [6, 6.07) is 0. The first-order valence-corrected chi connectivity index (χ1v) is 10.8. The zero-order chi connectivity index (χ0) is 19.4. The topological polar surface area (TPSA) is 60.9 Å². The van der Waals surface area contributed by atoms with Gasteiger partial charge in [-0.3, -0.25) is 19.3 Å². The molecule has 3 rings (SSSR count). The van der Waals surface area contributed by atoms with E-state index in [2.05, 4.69) is 9.80 Å². The molecule has 0 radical (unpaired) electrons. The first-order chi connectivity index (χ1) is 13.0. The molecule has 0 aromatic rings. The molecular weight excluding hydrogens is 342 g/mol. The lowest BCUT2D eigenvalue weighted by Gasteiger charge is -2.39. The highest BCUT2D eigenvalue weighted by Crippen LogP contribution is 2.31. The summed E-state index contributed by atoms with van der Waals surface area (Å²) in [5.74, 6) is 1.72. The van der Waals surface area contributed by atoms with Gasteiger partial charge in [0.1, 0.15) is 5.78 Å². The Balaban J connectivity index is 1.39. The van der Waals surface area contributed by atoms with E-state index in [4.69, 9.17) is 0 Å². The number of hydrogen-bond acceptors (Lipinski definition) is 4. The second-order valence-electron chi connectivity index (χ2n) is 8.64. The molecule has 27 heavy (non-hydrogen) atoms. The molecule has 2 amide bonds. The number of likely N-dealkylation sites (tertiary alicyclic amines) is 1. The van der Waals surface area contributed by atoms with E-state index in [0.717, 1.165) is 77.8 Å². The van der Waals surface area contributed by atoms with Gasteiger partial charge >= 0.3 is 0 Å². The van der Waals surface area contributed by atoms with Crippen molar-refractivity contribution in [2.45, 2.75) is 52.4 Å². The summed E-state index contributed by atoms with van der Waals surface area (Å²) < 4.78 is 0. The van der Waals surface area contributed by atoms with Crippen LogP contribution in [0.5, 0.6) is 0 Å². The summed E-state index contributed by atoms with van der Waals surface area (Å²) in [5.41, 5.74) is 0. The third-order valence-electron chi connectivity index (χ3n) is 6.87. The van der Waals surface area contributed by atoms with Gasteiger partial charge in [-0.15, -0.1) is 0 Å². The van der Waals surface area contributed by atoms with E-state index in [1.54, 1.807) is 6.92 Å². The quantitative estimate of drug-likeness (QED) is 0.733. The summed E-state index contributed by atoms with van der Waals surface area (Å²) in [7, 11) is 0. The average molecular weight is 378 g/mol. The fourth-order valence-electron chi connectivity index (χ4n) is 4.95. The Hall–Kier alpha value is -1.43. The van der Waals surface area contributed by atoms with E-state index in [1.807, 2.05) is 11.8 Å². The highest BCUT2D eigenvalue weighted by molar-refractivity contribution is 5.81. The van der Waals surface area contributed by atoms with Gasteiger partial charge < -0.3 is 9.80 Å². The molecule has 1 aliphatic carbocycles. The first-order valence-electron chi connectivity index (χ1n) is 10.8. The van der Waals surface area contributed by atoms with Gasteiger partial charge in [-0.25, -0.2) is 0 Å². The number of amides is 2. The predicted octanol–water partition coefficient (Wildman–Crippen LogP) is 1.78. The van der Waals surface area contributed by atoms with Gasteiger partial charge in [0.2, 0.25) is 11.8 Å². The van der Waals surface area contributed by atoms with Crippen LogP contribution in [0.4, 0.5) is 0 Å². The van der Waals surface area contributed by atoms with Crippen LogP contribution in [-0.2, 0) is 14.4 Å². The Morgan fingerprint density at radius 1 is 0.926 bits per heavy atom.